The molecule has 2 rings (SSSR count). The summed E-state index contributed by atoms with van der Waals surface area (Å²) in [5, 5.41) is 0.497. The zero-order valence-corrected chi connectivity index (χ0v) is 15.0. The zero-order valence-electron chi connectivity index (χ0n) is 13.4. The Morgan fingerprint density at radius 3 is 1.95 bits per heavy atom. The highest BCUT2D eigenvalue weighted by molar-refractivity contribution is 7.92. The van der Waals surface area contributed by atoms with Gasteiger partial charge in [-0.3, -0.25) is 4.72 Å². The largest absolute Gasteiger partial charge is 0.279 e. The van der Waals surface area contributed by atoms with Crippen molar-refractivity contribution < 1.29 is 8.42 Å². The summed E-state index contributed by atoms with van der Waals surface area (Å²) >= 11 is 5.97. The van der Waals surface area contributed by atoms with Gasteiger partial charge in [-0.15, -0.1) is 0 Å². The van der Waals surface area contributed by atoms with E-state index in [0.717, 1.165) is 27.8 Å². The van der Waals surface area contributed by atoms with Crippen molar-refractivity contribution in [2.45, 2.75) is 39.5 Å². The van der Waals surface area contributed by atoms with Gasteiger partial charge in [-0.2, -0.15) is 0 Å². The van der Waals surface area contributed by atoms with Crippen molar-refractivity contribution in [3.63, 3.8) is 0 Å². The molecule has 0 aromatic heterocycles. The molecule has 0 spiro atoms. The molecule has 0 saturated carbocycles. The summed E-state index contributed by atoms with van der Waals surface area (Å²) in [6.07, 6.45) is 0. The van der Waals surface area contributed by atoms with Crippen molar-refractivity contribution in [2.75, 3.05) is 4.72 Å². The first kappa shape index (κ1) is 16.8. The minimum atomic E-state index is -3.67. The van der Waals surface area contributed by atoms with Gasteiger partial charge in [0.1, 0.15) is 0 Å². The van der Waals surface area contributed by atoms with Gasteiger partial charge in [0, 0.05) is 5.02 Å². The van der Waals surface area contributed by atoms with E-state index in [0.29, 0.717) is 15.6 Å². The van der Waals surface area contributed by atoms with Crippen LogP contribution in [-0.4, -0.2) is 8.42 Å². The second kappa shape index (κ2) is 5.94. The fourth-order valence-electron chi connectivity index (χ4n) is 2.48. The average Bonchev–Trinajstić information content (AvgIpc) is 2.40. The lowest BCUT2D eigenvalue weighted by Crippen LogP contribution is -2.17. The molecule has 22 heavy (non-hydrogen) atoms. The van der Waals surface area contributed by atoms with Crippen molar-refractivity contribution in [3.8, 4) is 0 Å². The van der Waals surface area contributed by atoms with Gasteiger partial charge in [-0.25, -0.2) is 8.42 Å². The van der Waals surface area contributed by atoms with Gasteiger partial charge < -0.3 is 0 Å². The third-order valence-electron chi connectivity index (χ3n) is 4.01. The summed E-state index contributed by atoms with van der Waals surface area (Å²) in [7, 11) is -3.67. The van der Waals surface area contributed by atoms with E-state index in [1.54, 1.807) is 18.2 Å². The molecule has 0 amide bonds. The van der Waals surface area contributed by atoms with Crippen molar-refractivity contribution in [1.29, 1.82) is 0 Å². The Hall–Kier alpha value is -1.52. The molecule has 0 bridgehead atoms. The van der Waals surface area contributed by atoms with Gasteiger partial charge in [0.15, 0.2) is 0 Å². The van der Waals surface area contributed by atoms with Crippen LogP contribution in [0.2, 0.25) is 5.02 Å². The number of aryl methyl sites for hydroxylation is 3. The predicted molar refractivity (Wildman–Crippen MR) is 92.4 cm³/mol. The molecule has 3 nitrogen and oxygen atoms in total. The van der Waals surface area contributed by atoms with Crippen molar-refractivity contribution in [1.82, 2.24) is 0 Å². The lowest BCUT2D eigenvalue weighted by Gasteiger charge is -2.17. The molecule has 1 N–H and O–H groups in total. The Morgan fingerprint density at radius 1 is 0.864 bits per heavy atom. The highest BCUT2D eigenvalue weighted by Crippen LogP contribution is 2.29. The molecule has 0 heterocycles. The zero-order chi connectivity index (χ0) is 16.7. The second-order valence-corrected chi connectivity index (χ2v) is 7.71. The van der Waals surface area contributed by atoms with Crippen LogP contribution in [0.25, 0.3) is 0 Å². The number of hydrogen-bond donors (Lipinski definition) is 1. The number of benzene rings is 2. The molecule has 0 unspecified atom stereocenters. The molecule has 5 heteroatoms. The molecular weight excluding hydrogens is 318 g/mol. The standard InChI is InChI=1S/C17H20ClNO2S/c1-10-6-7-15(18)9-16(10)19-22(20,21)17-13(4)11(2)8-12(3)14(17)5/h6-9,19H,1-5H3. The first-order valence-corrected chi connectivity index (χ1v) is 8.86. The van der Waals surface area contributed by atoms with Crippen LogP contribution in [0.15, 0.2) is 29.2 Å². The minimum Gasteiger partial charge on any atom is -0.279 e. The van der Waals surface area contributed by atoms with Gasteiger partial charge in [0.05, 0.1) is 10.6 Å². The quantitative estimate of drug-likeness (QED) is 0.883. The summed E-state index contributed by atoms with van der Waals surface area (Å²) in [5.74, 6) is 0. The van der Waals surface area contributed by atoms with E-state index in [9.17, 15) is 8.42 Å². The Labute approximate surface area is 137 Å². The first-order valence-electron chi connectivity index (χ1n) is 7.00. The van der Waals surface area contributed by atoms with Crippen LogP contribution in [0, 0.1) is 34.6 Å². The SMILES string of the molecule is Cc1ccc(Cl)cc1NS(=O)(=O)c1c(C)c(C)cc(C)c1C. The number of halogens is 1. The van der Waals surface area contributed by atoms with E-state index < -0.39 is 10.0 Å². The Balaban J connectivity index is 2.59. The van der Waals surface area contributed by atoms with Crippen LogP contribution in [0.3, 0.4) is 0 Å². The van der Waals surface area contributed by atoms with Gasteiger partial charge >= 0.3 is 0 Å². The van der Waals surface area contributed by atoms with Gasteiger partial charge in [0.2, 0.25) is 0 Å². The molecule has 2 aromatic carbocycles. The molecule has 0 aliphatic carbocycles. The fourth-order valence-corrected chi connectivity index (χ4v) is 4.40. The van der Waals surface area contributed by atoms with E-state index in [4.69, 9.17) is 11.6 Å². The van der Waals surface area contributed by atoms with E-state index in [2.05, 4.69) is 4.72 Å². The van der Waals surface area contributed by atoms with Crippen molar-refractivity contribution in [3.05, 3.63) is 57.1 Å². The number of hydrogen-bond acceptors (Lipinski definition) is 2. The molecule has 0 aliphatic heterocycles. The summed E-state index contributed by atoms with van der Waals surface area (Å²) in [6.45, 7) is 9.36. The van der Waals surface area contributed by atoms with Gasteiger partial charge in [-0.05, 0) is 74.6 Å². The normalized spacial score (nSPS) is 11.5. The monoisotopic (exact) mass is 337 g/mol. The number of rotatable bonds is 3. The predicted octanol–water partition coefficient (Wildman–Crippen LogP) is 4.68. The molecule has 0 fully saturated rings. The molecule has 0 aliphatic rings. The summed E-state index contributed by atoms with van der Waals surface area (Å²) < 4.78 is 28.4. The smallest absolute Gasteiger partial charge is 0.262 e. The van der Waals surface area contributed by atoms with Gasteiger partial charge in [0.25, 0.3) is 10.0 Å². The molecule has 2 aromatic rings. The molecule has 0 radical (unpaired) electrons. The van der Waals surface area contributed by atoms with Crippen molar-refractivity contribution >= 4 is 27.3 Å². The van der Waals surface area contributed by atoms with Crippen LogP contribution in [-0.2, 0) is 10.0 Å². The maximum Gasteiger partial charge on any atom is 0.262 e. The van der Waals surface area contributed by atoms with E-state index in [1.165, 1.54) is 0 Å². The molecular formula is C17H20ClNO2S. The first-order chi connectivity index (χ1) is 10.1. The van der Waals surface area contributed by atoms with E-state index in [-0.39, 0.29) is 0 Å². The average molecular weight is 338 g/mol. The number of nitrogens with one attached hydrogen (secondary N) is 1. The Kier molecular flexibility index (Phi) is 4.54. The highest BCUT2D eigenvalue weighted by atomic mass is 35.5. The van der Waals surface area contributed by atoms with Crippen LogP contribution in [0.5, 0.6) is 0 Å². The van der Waals surface area contributed by atoms with E-state index >= 15 is 0 Å². The third-order valence-corrected chi connectivity index (χ3v) is 5.88. The minimum absolute atomic E-state index is 0.351. The van der Waals surface area contributed by atoms with Crippen LogP contribution >= 0.6 is 11.6 Å². The summed E-state index contributed by atoms with van der Waals surface area (Å²) in [6, 6.07) is 7.17. The lowest BCUT2D eigenvalue weighted by atomic mass is 10.0. The maximum atomic E-state index is 12.9. The molecule has 118 valence electrons. The second-order valence-electron chi connectivity index (χ2n) is 5.65. The fraction of sp³-hybridized carbons (Fsp3) is 0.294. The topological polar surface area (TPSA) is 46.2 Å². The highest BCUT2D eigenvalue weighted by Gasteiger charge is 2.22. The van der Waals surface area contributed by atoms with Crippen LogP contribution < -0.4 is 4.72 Å². The summed E-state index contributed by atoms with van der Waals surface area (Å²) in [4.78, 5) is 0.351. The number of anilines is 1. The molecule has 0 saturated heterocycles. The van der Waals surface area contributed by atoms with Crippen LogP contribution in [0.4, 0.5) is 5.69 Å². The van der Waals surface area contributed by atoms with E-state index in [1.807, 2.05) is 40.7 Å². The number of sulfonamides is 1. The maximum absolute atomic E-state index is 12.9. The Morgan fingerprint density at radius 2 is 1.41 bits per heavy atom. The Bertz CT molecular complexity index is 816. The molecule has 0 atom stereocenters. The van der Waals surface area contributed by atoms with Crippen molar-refractivity contribution in [2.24, 2.45) is 0 Å². The third kappa shape index (κ3) is 3.13. The van der Waals surface area contributed by atoms with Crippen LogP contribution in [0.1, 0.15) is 27.8 Å². The lowest BCUT2D eigenvalue weighted by molar-refractivity contribution is 0.599. The van der Waals surface area contributed by atoms with Gasteiger partial charge in [-0.1, -0.05) is 23.7 Å². The summed E-state index contributed by atoms with van der Waals surface area (Å²) in [5.41, 5.74) is 4.81.